The third-order valence-corrected chi connectivity index (χ3v) is 4.95. The lowest BCUT2D eigenvalue weighted by molar-refractivity contribution is -0.162. The maximum absolute atomic E-state index is 13.2. The zero-order chi connectivity index (χ0) is 24.5. The largest absolute Gasteiger partial charge is 0.460 e. The minimum atomic E-state index is -4.55. The molecule has 1 aliphatic heterocycles. The van der Waals surface area contributed by atoms with Crippen molar-refractivity contribution in [2.45, 2.75) is 71.8 Å². The van der Waals surface area contributed by atoms with Crippen LogP contribution in [0.5, 0.6) is 0 Å². The zero-order valence-corrected chi connectivity index (χ0v) is 19.5. The Bertz CT molecular complexity index is 841. The predicted octanol–water partition coefficient (Wildman–Crippen LogP) is 5.05. The smallest absolute Gasteiger partial charge is 0.416 e. The fourth-order valence-electron chi connectivity index (χ4n) is 3.68. The molecule has 2 atom stereocenters. The van der Waals surface area contributed by atoms with Crippen LogP contribution in [0.15, 0.2) is 18.2 Å². The summed E-state index contributed by atoms with van der Waals surface area (Å²) in [4.78, 5) is 27.0. The molecule has 0 aliphatic carbocycles. The first kappa shape index (κ1) is 25.8. The fraction of sp³-hybridized carbons (Fsp3) is 0.652. The molecule has 2 rings (SSSR count). The third kappa shape index (κ3) is 7.60. The van der Waals surface area contributed by atoms with Crippen LogP contribution < -0.4 is 5.73 Å². The predicted molar refractivity (Wildman–Crippen MR) is 115 cm³/mol. The summed E-state index contributed by atoms with van der Waals surface area (Å²) in [5, 5.41) is 0. The van der Waals surface area contributed by atoms with Crippen LogP contribution in [-0.4, -0.2) is 41.3 Å². The number of alkyl halides is 3. The van der Waals surface area contributed by atoms with Gasteiger partial charge < -0.3 is 20.1 Å². The highest BCUT2D eigenvalue weighted by Crippen LogP contribution is 2.34. The number of anilines is 1. The van der Waals surface area contributed by atoms with Gasteiger partial charge in [-0.25, -0.2) is 4.79 Å². The monoisotopic (exact) mass is 458 g/mol. The first-order valence-electron chi connectivity index (χ1n) is 10.6. The average Bonchev–Trinajstić information content (AvgIpc) is 3.05. The molecule has 0 saturated carbocycles. The summed E-state index contributed by atoms with van der Waals surface area (Å²) in [6, 6.07) is 3.31. The number of ether oxygens (including phenoxy) is 2. The Morgan fingerprint density at radius 3 is 2.19 bits per heavy atom. The number of amides is 1. The van der Waals surface area contributed by atoms with Crippen LogP contribution in [-0.2, 0) is 26.9 Å². The lowest BCUT2D eigenvalue weighted by Crippen LogP contribution is -2.38. The van der Waals surface area contributed by atoms with Crippen molar-refractivity contribution >= 4 is 17.7 Å². The maximum Gasteiger partial charge on any atom is 0.416 e. The first-order valence-corrected chi connectivity index (χ1v) is 10.6. The molecule has 0 radical (unpaired) electrons. The molecule has 1 saturated heterocycles. The second kappa shape index (κ2) is 9.19. The van der Waals surface area contributed by atoms with Crippen molar-refractivity contribution in [2.75, 3.05) is 18.8 Å². The van der Waals surface area contributed by atoms with Gasteiger partial charge in [0.05, 0.1) is 11.5 Å². The first-order chi connectivity index (χ1) is 14.4. The number of benzene rings is 1. The van der Waals surface area contributed by atoms with E-state index >= 15 is 0 Å². The van der Waals surface area contributed by atoms with E-state index in [0.717, 1.165) is 12.1 Å². The highest BCUT2D eigenvalue weighted by Gasteiger charge is 2.39. The SMILES string of the molecule is CC(C)(C)OC(=O)[C@@H](Cc1cc(N)cc(C(F)(F)F)c1)[C@H]1CCN(C(=O)OC(C)(C)C)C1. The molecule has 32 heavy (non-hydrogen) atoms. The topological polar surface area (TPSA) is 81.9 Å². The van der Waals surface area contributed by atoms with Crippen molar-refractivity contribution in [1.82, 2.24) is 4.90 Å². The molecule has 1 aromatic carbocycles. The summed E-state index contributed by atoms with van der Waals surface area (Å²) in [6.45, 7) is 11.1. The Hall–Kier alpha value is -2.45. The molecule has 2 N–H and O–H groups in total. The molecule has 1 heterocycles. The zero-order valence-electron chi connectivity index (χ0n) is 19.5. The van der Waals surface area contributed by atoms with Gasteiger partial charge >= 0.3 is 18.2 Å². The van der Waals surface area contributed by atoms with Gasteiger partial charge in [0.2, 0.25) is 0 Å². The number of nitrogens with zero attached hydrogens (tertiary/aromatic N) is 1. The van der Waals surface area contributed by atoms with Gasteiger partial charge in [0.1, 0.15) is 11.2 Å². The van der Waals surface area contributed by atoms with Crippen molar-refractivity contribution < 1.29 is 32.2 Å². The Morgan fingerprint density at radius 2 is 1.66 bits per heavy atom. The molecule has 1 aromatic rings. The van der Waals surface area contributed by atoms with Gasteiger partial charge in [-0.05, 0) is 84.1 Å². The number of rotatable bonds is 4. The van der Waals surface area contributed by atoms with E-state index in [1.807, 2.05) is 0 Å². The van der Waals surface area contributed by atoms with Crippen LogP contribution >= 0.6 is 0 Å². The third-order valence-electron chi connectivity index (χ3n) is 4.95. The highest BCUT2D eigenvalue weighted by atomic mass is 19.4. The average molecular weight is 459 g/mol. The number of hydrogen-bond donors (Lipinski definition) is 1. The summed E-state index contributed by atoms with van der Waals surface area (Å²) in [5.41, 5.74) is 3.69. The standard InChI is InChI=1S/C23H33F3N2O4/c1-21(2,3)31-19(29)18(11-14-9-16(23(24,25)26)12-17(27)10-14)15-7-8-28(13-15)20(30)32-22(4,5)6/h9-10,12,15,18H,7-8,11,13,27H2,1-6H3/t15-,18-/m0/s1. The maximum atomic E-state index is 13.2. The van der Waals surface area contributed by atoms with Gasteiger partial charge in [0.15, 0.2) is 0 Å². The van der Waals surface area contributed by atoms with Gasteiger partial charge in [0.25, 0.3) is 0 Å². The molecular formula is C23H33F3N2O4. The number of esters is 1. The van der Waals surface area contributed by atoms with Gasteiger partial charge in [-0.2, -0.15) is 13.2 Å². The number of halogens is 3. The molecule has 0 unspecified atom stereocenters. The van der Waals surface area contributed by atoms with E-state index in [0.29, 0.717) is 18.5 Å². The number of carbonyl (C=O) groups is 2. The highest BCUT2D eigenvalue weighted by molar-refractivity contribution is 5.74. The minimum absolute atomic E-state index is 0.0237. The Morgan fingerprint density at radius 1 is 1.06 bits per heavy atom. The van der Waals surface area contributed by atoms with Crippen molar-refractivity contribution in [3.8, 4) is 0 Å². The second-order valence-electron chi connectivity index (χ2n) is 10.3. The molecule has 1 fully saturated rings. The van der Waals surface area contributed by atoms with E-state index in [-0.39, 0.29) is 24.6 Å². The molecular weight excluding hydrogens is 425 g/mol. The van der Waals surface area contributed by atoms with Crippen molar-refractivity contribution in [3.05, 3.63) is 29.3 Å². The number of nitrogen functional groups attached to an aromatic ring is 1. The molecule has 0 aromatic heterocycles. The molecule has 1 aliphatic rings. The van der Waals surface area contributed by atoms with Gasteiger partial charge in [-0.1, -0.05) is 0 Å². The van der Waals surface area contributed by atoms with Crippen LogP contribution in [0.4, 0.5) is 23.7 Å². The Kier molecular flexibility index (Phi) is 7.41. The summed E-state index contributed by atoms with van der Waals surface area (Å²) in [5.74, 6) is -1.53. The summed E-state index contributed by atoms with van der Waals surface area (Å²) in [7, 11) is 0. The van der Waals surface area contributed by atoms with Crippen molar-refractivity contribution in [2.24, 2.45) is 11.8 Å². The van der Waals surface area contributed by atoms with E-state index in [2.05, 4.69) is 0 Å². The van der Waals surface area contributed by atoms with Crippen molar-refractivity contribution in [3.63, 3.8) is 0 Å². The Labute approximate surface area is 187 Å². The quantitative estimate of drug-likeness (QED) is 0.505. The van der Waals surface area contributed by atoms with Crippen LogP contribution in [0, 0.1) is 11.8 Å². The van der Waals surface area contributed by atoms with E-state index < -0.39 is 40.9 Å². The van der Waals surface area contributed by atoms with E-state index in [9.17, 15) is 22.8 Å². The minimum Gasteiger partial charge on any atom is -0.460 e. The molecule has 9 heteroatoms. The molecule has 0 bridgehead atoms. The van der Waals surface area contributed by atoms with Gasteiger partial charge in [0, 0.05) is 18.8 Å². The lowest BCUT2D eigenvalue weighted by Gasteiger charge is -2.28. The number of nitrogens with two attached hydrogens (primary N) is 1. The summed E-state index contributed by atoms with van der Waals surface area (Å²) >= 11 is 0. The fourth-order valence-corrected chi connectivity index (χ4v) is 3.68. The van der Waals surface area contributed by atoms with Crippen molar-refractivity contribution in [1.29, 1.82) is 0 Å². The van der Waals surface area contributed by atoms with E-state index in [1.165, 1.54) is 11.0 Å². The van der Waals surface area contributed by atoms with Gasteiger partial charge in [-0.3, -0.25) is 4.79 Å². The molecule has 1 amide bonds. The number of carbonyl (C=O) groups excluding carboxylic acids is 2. The van der Waals surface area contributed by atoms with Crippen LogP contribution in [0.25, 0.3) is 0 Å². The van der Waals surface area contributed by atoms with Crippen LogP contribution in [0.1, 0.15) is 59.1 Å². The molecule has 0 spiro atoms. The van der Waals surface area contributed by atoms with Crippen LogP contribution in [0.3, 0.4) is 0 Å². The lowest BCUT2D eigenvalue weighted by atomic mass is 9.85. The second-order valence-corrected chi connectivity index (χ2v) is 10.3. The van der Waals surface area contributed by atoms with E-state index in [4.69, 9.17) is 15.2 Å². The summed E-state index contributed by atoms with van der Waals surface area (Å²) in [6.07, 6.45) is -4.49. The van der Waals surface area contributed by atoms with E-state index in [1.54, 1.807) is 41.5 Å². The number of likely N-dealkylation sites (tertiary alicyclic amines) is 1. The molecule has 6 nitrogen and oxygen atoms in total. The Balaban J connectivity index is 2.28. The van der Waals surface area contributed by atoms with Crippen LogP contribution in [0.2, 0.25) is 0 Å². The normalized spacial score (nSPS) is 18.4. The number of hydrogen-bond acceptors (Lipinski definition) is 5. The molecule has 180 valence electrons. The summed E-state index contributed by atoms with van der Waals surface area (Å²) < 4.78 is 50.7. The van der Waals surface area contributed by atoms with Gasteiger partial charge in [-0.15, -0.1) is 0 Å².